The molecule has 0 spiro atoms. The van der Waals surface area contributed by atoms with Crippen LogP contribution in [0.1, 0.15) is 61.4 Å². The normalized spacial score (nSPS) is 14.4. The molecule has 0 radical (unpaired) electrons. The number of anilines is 3. The van der Waals surface area contributed by atoms with Gasteiger partial charge in [-0.1, -0.05) is 60.0 Å². The van der Waals surface area contributed by atoms with Crippen molar-refractivity contribution in [1.82, 2.24) is 0 Å². The second kappa shape index (κ2) is 15.1. The molecule has 1 fully saturated rings. The van der Waals surface area contributed by atoms with Crippen LogP contribution in [0.3, 0.4) is 0 Å². The molecule has 0 atom stereocenters. The number of para-hydroxylation sites is 2. The summed E-state index contributed by atoms with van der Waals surface area (Å²) < 4.78 is 14.2. The first-order valence-electron chi connectivity index (χ1n) is 16.6. The molecule has 0 unspecified atom stereocenters. The van der Waals surface area contributed by atoms with Crippen molar-refractivity contribution in [2.24, 2.45) is 0 Å². The number of hydrogen-bond donors (Lipinski definition) is 3. The van der Waals surface area contributed by atoms with Crippen LogP contribution in [0.25, 0.3) is 22.3 Å². The van der Waals surface area contributed by atoms with Gasteiger partial charge in [0.1, 0.15) is 11.9 Å². The van der Waals surface area contributed by atoms with Crippen LogP contribution < -0.4 is 14.4 Å². The molecule has 2 aliphatic rings. The van der Waals surface area contributed by atoms with Gasteiger partial charge >= 0.3 is 5.97 Å². The zero-order valence-corrected chi connectivity index (χ0v) is 30.0. The van der Waals surface area contributed by atoms with Gasteiger partial charge in [-0.05, 0) is 105 Å². The summed E-state index contributed by atoms with van der Waals surface area (Å²) in [6.45, 7) is 13.7. The lowest BCUT2D eigenvalue weighted by molar-refractivity contribution is -0.136. The molecule has 0 amide bonds. The van der Waals surface area contributed by atoms with Gasteiger partial charge in [-0.25, -0.2) is 0 Å². The first kappa shape index (κ1) is 35.3. The Kier molecular flexibility index (Phi) is 11.1. The van der Waals surface area contributed by atoms with Gasteiger partial charge in [0.05, 0.1) is 43.2 Å². The van der Waals surface area contributed by atoms with Crippen LogP contribution in [-0.4, -0.2) is 47.4 Å². The molecule has 3 N–H and O–H groups in total. The number of carbonyl (C=O) groups is 1. The van der Waals surface area contributed by atoms with Crippen molar-refractivity contribution < 1.29 is 24.5 Å². The first-order valence-corrected chi connectivity index (χ1v) is 17.7. The standard InChI is InChI=1S/C36H38N2O4S.C4H10O/c1-22-9-11-25(12-10-22)34-24(3)35-29-14-13-27(37-31-7-5-6-8-32(31)42-28-15-17-41-18-16-28)19-26(29)21-38(43-4)36(35)23(2)30(34)20-33(39)40;1-4(2,3)5/h5-14,19,28,37H,15-18,20-21H2,1-4H3,(H,39,40);5H,1-3H3. The fraction of sp³-hybridized carbons (Fsp3) is 0.375. The molecule has 254 valence electrons. The summed E-state index contributed by atoms with van der Waals surface area (Å²) in [4.78, 5) is 12.1. The SMILES string of the molecule is CC(C)(C)O.CSN1Cc2cc(Nc3ccccc3OC3CCOCC3)ccc2-c2c(C)c(-c3ccc(C)cc3)c(CC(=O)O)c(C)c21. The number of benzene rings is 4. The third-order valence-corrected chi connectivity index (χ3v) is 9.30. The first-order chi connectivity index (χ1) is 22.8. The minimum absolute atomic E-state index is 0.0174. The van der Waals surface area contributed by atoms with Crippen molar-refractivity contribution in [3.63, 3.8) is 0 Å². The number of nitrogens with one attached hydrogen (secondary N) is 1. The van der Waals surface area contributed by atoms with Crippen molar-refractivity contribution in [2.75, 3.05) is 29.1 Å². The number of ether oxygens (including phenoxy) is 2. The summed E-state index contributed by atoms with van der Waals surface area (Å²) in [7, 11) is 0. The predicted octanol–water partition coefficient (Wildman–Crippen LogP) is 9.25. The largest absolute Gasteiger partial charge is 0.488 e. The Morgan fingerprint density at radius 1 is 0.979 bits per heavy atom. The minimum atomic E-state index is -0.820. The molecule has 0 bridgehead atoms. The van der Waals surface area contributed by atoms with E-state index in [2.05, 4.69) is 85.2 Å². The Hall–Kier alpha value is -3.98. The van der Waals surface area contributed by atoms with E-state index >= 15 is 0 Å². The molecule has 4 aromatic carbocycles. The summed E-state index contributed by atoms with van der Waals surface area (Å²) in [5, 5.41) is 22.0. The Morgan fingerprint density at radius 3 is 2.29 bits per heavy atom. The molecule has 4 aromatic rings. The molecule has 0 saturated carbocycles. The third kappa shape index (κ3) is 8.35. The molecule has 8 heteroatoms. The Balaban J connectivity index is 0.000000840. The summed E-state index contributed by atoms with van der Waals surface area (Å²) in [6, 6.07) is 23.1. The minimum Gasteiger partial charge on any atom is -0.488 e. The van der Waals surface area contributed by atoms with Gasteiger partial charge in [-0.2, -0.15) is 0 Å². The second-order valence-electron chi connectivity index (χ2n) is 13.6. The highest BCUT2D eigenvalue weighted by molar-refractivity contribution is 7.99. The molecule has 48 heavy (non-hydrogen) atoms. The Labute approximate surface area is 289 Å². The van der Waals surface area contributed by atoms with E-state index in [-0.39, 0.29) is 12.5 Å². The molecular weight excluding hydrogens is 621 g/mol. The maximum absolute atomic E-state index is 12.1. The van der Waals surface area contributed by atoms with E-state index in [0.717, 1.165) is 83.2 Å². The van der Waals surface area contributed by atoms with Gasteiger partial charge in [-0.15, -0.1) is 0 Å². The van der Waals surface area contributed by atoms with Crippen LogP contribution >= 0.6 is 11.9 Å². The summed E-state index contributed by atoms with van der Waals surface area (Å²) in [6.07, 6.45) is 4.02. The van der Waals surface area contributed by atoms with Crippen LogP contribution in [0.5, 0.6) is 5.75 Å². The maximum atomic E-state index is 12.1. The van der Waals surface area contributed by atoms with Crippen molar-refractivity contribution in [2.45, 2.75) is 79.1 Å². The average molecular weight is 669 g/mol. The quantitative estimate of drug-likeness (QED) is 0.160. The van der Waals surface area contributed by atoms with Crippen LogP contribution in [0.4, 0.5) is 17.1 Å². The average Bonchev–Trinajstić information content (AvgIpc) is 3.04. The number of aryl methyl sites for hydroxylation is 1. The molecule has 2 aliphatic heterocycles. The number of aliphatic hydroxyl groups is 1. The highest BCUT2D eigenvalue weighted by Crippen LogP contribution is 2.50. The summed E-state index contributed by atoms with van der Waals surface area (Å²) in [5.41, 5.74) is 12.4. The topological polar surface area (TPSA) is 91.3 Å². The van der Waals surface area contributed by atoms with Crippen LogP contribution in [0.15, 0.2) is 66.7 Å². The van der Waals surface area contributed by atoms with Crippen LogP contribution in [0, 0.1) is 20.8 Å². The fourth-order valence-electron chi connectivity index (χ4n) is 6.41. The summed E-state index contributed by atoms with van der Waals surface area (Å²) in [5.74, 6) is 0.0305. The zero-order chi connectivity index (χ0) is 34.6. The van der Waals surface area contributed by atoms with E-state index in [4.69, 9.17) is 14.6 Å². The van der Waals surface area contributed by atoms with Gasteiger partial charge in [0.15, 0.2) is 0 Å². The number of rotatable bonds is 8. The van der Waals surface area contributed by atoms with Crippen molar-refractivity contribution >= 4 is 35.0 Å². The second-order valence-corrected chi connectivity index (χ2v) is 14.4. The van der Waals surface area contributed by atoms with Crippen LogP contribution in [-0.2, 0) is 22.5 Å². The molecular formula is C40H48N2O5S. The fourth-order valence-corrected chi connectivity index (χ4v) is 7.09. The lowest BCUT2D eigenvalue weighted by Crippen LogP contribution is -2.26. The summed E-state index contributed by atoms with van der Waals surface area (Å²) >= 11 is 1.67. The van der Waals surface area contributed by atoms with E-state index in [0.29, 0.717) is 0 Å². The highest BCUT2D eigenvalue weighted by Gasteiger charge is 2.30. The lowest BCUT2D eigenvalue weighted by atomic mass is 9.81. The van der Waals surface area contributed by atoms with Gasteiger partial charge in [0.25, 0.3) is 0 Å². The van der Waals surface area contributed by atoms with Crippen molar-refractivity contribution in [3.8, 4) is 28.0 Å². The molecule has 0 aliphatic carbocycles. The third-order valence-electron chi connectivity index (χ3n) is 8.55. The van der Waals surface area contributed by atoms with Gasteiger partial charge in [0.2, 0.25) is 0 Å². The number of carboxylic acids is 1. The van der Waals surface area contributed by atoms with Crippen LogP contribution in [0.2, 0.25) is 0 Å². The molecule has 7 nitrogen and oxygen atoms in total. The highest BCUT2D eigenvalue weighted by atomic mass is 32.2. The van der Waals surface area contributed by atoms with E-state index in [1.807, 2.05) is 18.2 Å². The van der Waals surface area contributed by atoms with E-state index in [1.165, 1.54) is 22.3 Å². The van der Waals surface area contributed by atoms with E-state index < -0.39 is 11.6 Å². The molecule has 2 heterocycles. The number of hydrogen-bond acceptors (Lipinski definition) is 7. The van der Waals surface area contributed by atoms with E-state index in [1.54, 1.807) is 32.7 Å². The van der Waals surface area contributed by atoms with Crippen molar-refractivity contribution in [1.29, 1.82) is 0 Å². The number of carboxylic acid groups (broad SMARTS) is 1. The van der Waals surface area contributed by atoms with Gasteiger partial charge < -0.3 is 29.3 Å². The molecule has 1 saturated heterocycles. The smallest absolute Gasteiger partial charge is 0.307 e. The maximum Gasteiger partial charge on any atom is 0.307 e. The monoisotopic (exact) mass is 668 g/mol. The Morgan fingerprint density at radius 2 is 1.65 bits per heavy atom. The van der Waals surface area contributed by atoms with Crippen molar-refractivity contribution in [3.05, 3.63) is 94.5 Å². The van der Waals surface area contributed by atoms with Gasteiger partial charge in [-0.3, -0.25) is 4.79 Å². The Bertz CT molecular complexity index is 1750. The number of fused-ring (bicyclic) bond motifs is 3. The predicted molar refractivity (Wildman–Crippen MR) is 199 cm³/mol. The lowest BCUT2D eigenvalue weighted by Gasteiger charge is -2.36. The number of aliphatic carboxylic acids is 1. The van der Waals surface area contributed by atoms with E-state index in [9.17, 15) is 9.90 Å². The number of nitrogens with zero attached hydrogens (tertiary/aromatic N) is 1. The zero-order valence-electron chi connectivity index (χ0n) is 29.1. The molecule has 6 rings (SSSR count). The molecule has 0 aromatic heterocycles. The van der Waals surface area contributed by atoms with Gasteiger partial charge in [0, 0.05) is 30.3 Å².